The van der Waals surface area contributed by atoms with Gasteiger partial charge < -0.3 is 19.1 Å². The standard InChI is InChI=1S/C19H20N2O4/c1-13(17-12-14-6-3-4-7-15(14)25-17)21(2)18(22)9-10-20-19(23)16-8-5-11-24-16/h3-8,11-13H,9-10H2,1-2H3,(H,20,23). The molecule has 0 bridgehead atoms. The zero-order valence-corrected chi connectivity index (χ0v) is 14.2. The van der Waals surface area contributed by atoms with Crippen molar-refractivity contribution in [1.29, 1.82) is 0 Å². The largest absolute Gasteiger partial charge is 0.459 e. The van der Waals surface area contributed by atoms with Gasteiger partial charge in [0.05, 0.1) is 12.3 Å². The molecule has 0 saturated heterocycles. The van der Waals surface area contributed by atoms with Crippen LogP contribution in [0.5, 0.6) is 0 Å². The molecule has 0 saturated carbocycles. The summed E-state index contributed by atoms with van der Waals surface area (Å²) in [4.78, 5) is 25.7. The van der Waals surface area contributed by atoms with Gasteiger partial charge in [-0.1, -0.05) is 18.2 Å². The van der Waals surface area contributed by atoms with Gasteiger partial charge >= 0.3 is 0 Å². The first-order valence-corrected chi connectivity index (χ1v) is 8.12. The maximum absolute atomic E-state index is 12.4. The van der Waals surface area contributed by atoms with E-state index in [4.69, 9.17) is 8.83 Å². The van der Waals surface area contributed by atoms with Gasteiger partial charge in [-0.15, -0.1) is 0 Å². The van der Waals surface area contributed by atoms with Gasteiger partial charge in [-0.2, -0.15) is 0 Å². The van der Waals surface area contributed by atoms with E-state index < -0.39 is 0 Å². The molecule has 0 aliphatic heterocycles. The molecule has 0 aliphatic carbocycles. The van der Waals surface area contributed by atoms with Crippen molar-refractivity contribution in [2.45, 2.75) is 19.4 Å². The highest BCUT2D eigenvalue weighted by molar-refractivity contribution is 5.91. The summed E-state index contributed by atoms with van der Waals surface area (Å²) >= 11 is 0. The molecule has 130 valence electrons. The molecule has 0 aliphatic rings. The van der Waals surface area contributed by atoms with E-state index in [9.17, 15) is 9.59 Å². The van der Waals surface area contributed by atoms with Crippen LogP contribution in [0.4, 0.5) is 0 Å². The predicted octanol–water partition coefficient (Wildman–Crippen LogP) is 3.37. The number of rotatable bonds is 6. The summed E-state index contributed by atoms with van der Waals surface area (Å²) in [6.45, 7) is 2.16. The Hall–Kier alpha value is -3.02. The SMILES string of the molecule is CC(c1cc2ccccc2o1)N(C)C(=O)CCNC(=O)c1ccco1. The first-order chi connectivity index (χ1) is 12.1. The first kappa shape index (κ1) is 16.8. The molecular weight excluding hydrogens is 320 g/mol. The summed E-state index contributed by atoms with van der Waals surface area (Å²) in [5.41, 5.74) is 0.802. The molecule has 1 aromatic carbocycles. The van der Waals surface area contributed by atoms with Crippen molar-refractivity contribution in [3.8, 4) is 0 Å². The van der Waals surface area contributed by atoms with Crippen molar-refractivity contribution < 1.29 is 18.4 Å². The number of nitrogens with zero attached hydrogens (tertiary/aromatic N) is 1. The second-order valence-electron chi connectivity index (χ2n) is 5.85. The predicted molar refractivity (Wildman–Crippen MR) is 93.1 cm³/mol. The number of amides is 2. The van der Waals surface area contributed by atoms with Gasteiger partial charge in [-0.05, 0) is 31.2 Å². The highest BCUT2D eigenvalue weighted by atomic mass is 16.3. The Balaban J connectivity index is 1.55. The van der Waals surface area contributed by atoms with Crippen LogP contribution in [0.1, 0.15) is 35.7 Å². The van der Waals surface area contributed by atoms with Crippen molar-refractivity contribution >= 4 is 22.8 Å². The highest BCUT2D eigenvalue weighted by Gasteiger charge is 2.20. The Bertz CT molecular complexity index is 834. The van der Waals surface area contributed by atoms with E-state index >= 15 is 0 Å². The van der Waals surface area contributed by atoms with E-state index in [2.05, 4.69) is 5.32 Å². The third-order valence-corrected chi connectivity index (χ3v) is 4.20. The lowest BCUT2D eigenvalue weighted by Crippen LogP contribution is -2.33. The van der Waals surface area contributed by atoms with Gasteiger partial charge in [-0.3, -0.25) is 9.59 Å². The average molecular weight is 340 g/mol. The fraction of sp³-hybridized carbons (Fsp3) is 0.263. The fourth-order valence-corrected chi connectivity index (χ4v) is 2.57. The Morgan fingerprint density at radius 2 is 2.00 bits per heavy atom. The molecule has 2 aromatic heterocycles. The second kappa shape index (κ2) is 7.25. The zero-order valence-electron chi connectivity index (χ0n) is 14.2. The van der Waals surface area contributed by atoms with E-state index in [-0.39, 0.29) is 36.6 Å². The summed E-state index contributed by atoms with van der Waals surface area (Å²) in [7, 11) is 1.73. The maximum Gasteiger partial charge on any atom is 0.286 e. The first-order valence-electron chi connectivity index (χ1n) is 8.12. The molecule has 25 heavy (non-hydrogen) atoms. The van der Waals surface area contributed by atoms with Crippen LogP contribution in [0.2, 0.25) is 0 Å². The molecule has 1 atom stereocenters. The van der Waals surface area contributed by atoms with Crippen molar-refractivity contribution in [1.82, 2.24) is 10.2 Å². The number of hydrogen-bond acceptors (Lipinski definition) is 4. The minimum atomic E-state index is -0.328. The number of para-hydroxylation sites is 1. The third kappa shape index (κ3) is 3.74. The zero-order chi connectivity index (χ0) is 17.8. The van der Waals surface area contributed by atoms with Crippen LogP contribution >= 0.6 is 0 Å². The molecule has 2 amide bonds. The van der Waals surface area contributed by atoms with E-state index in [1.165, 1.54) is 6.26 Å². The Morgan fingerprint density at radius 3 is 2.72 bits per heavy atom. The number of furan rings is 2. The highest BCUT2D eigenvalue weighted by Crippen LogP contribution is 2.26. The molecule has 1 N–H and O–H groups in total. The van der Waals surface area contributed by atoms with E-state index in [1.807, 2.05) is 37.3 Å². The lowest BCUT2D eigenvalue weighted by Gasteiger charge is -2.23. The smallest absolute Gasteiger partial charge is 0.286 e. The molecular formula is C19H20N2O4. The van der Waals surface area contributed by atoms with Crippen LogP contribution in [0.3, 0.4) is 0 Å². The topological polar surface area (TPSA) is 75.7 Å². The molecule has 3 aromatic rings. The van der Waals surface area contributed by atoms with Crippen LogP contribution in [0.15, 0.2) is 57.6 Å². The molecule has 1 unspecified atom stereocenters. The summed E-state index contributed by atoms with van der Waals surface area (Å²) in [6.07, 6.45) is 1.64. The van der Waals surface area contributed by atoms with Gasteiger partial charge in [-0.25, -0.2) is 0 Å². The van der Waals surface area contributed by atoms with E-state index in [0.29, 0.717) is 0 Å². The van der Waals surface area contributed by atoms with Gasteiger partial charge in [0.1, 0.15) is 11.3 Å². The number of carbonyl (C=O) groups is 2. The van der Waals surface area contributed by atoms with Crippen molar-refractivity contribution in [3.63, 3.8) is 0 Å². The molecule has 6 nitrogen and oxygen atoms in total. The lowest BCUT2D eigenvalue weighted by molar-refractivity contribution is -0.131. The third-order valence-electron chi connectivity index (χ3n) is 4.20. The monoisotopic (exact) mass is 340 g/mol. The number of benzene rings is 1. The molecule has 0 spiro atoms. The van der Waals surface area contributed by atoms with Crippen LogP contribution in [0.25, 0.3) is 11.0 Å². The number of fused-ring (bicyclic) bond motifs is 1. The summed E-state index contributed by atoms with van der Waals surface area (Å²) in [6, 6.07) is 12.7. The molecule has 6 heteroatoms. The number of carbonyl (C=O) groups excluding carboxylic acids is 2. The van der Waals surface area contributed by atoms with Crippen molar-refractivity contribution in [2.75, 3.05) is 13.6 Å². The molecule has 2 heterocycles. The molecule has 3 rings (SSSR count). The Kier molecular flexibility index (Phi) is 4.88. The summed E-state index contributed by atoms with van der Waals surface area (Å²) in [5.74, 6) is 0.562. The van der Waals surface area contributed by atoms with Crippen LogP contribution in [0, 0.1) is 0 Å². The van der Waals surface area contributed by atoms with Crippen LogP contribution in [-0.4, -0.2) is 30.3 Å². The van der Waals surface area contributed by atoms with E-state index in [1.54, 1.807) is 24.1 Å². The van der Waals surface area contributed by atoms with Crippen molar-refractivity contribution in [2.24, 2.45) is 0 Å². The van der Waals surface area contributed by atoms with Crippen molar-refractivity contribution in [3.05, 3.63) is 60.2 Å². The lowest BCUT2D eigenvalue weighted by atomic mass is 10.2. The van der Waals surface area contributed by atoms with Gasteiger partial charge in [0.2, 0.25) is 5.91 Å². The molecule has 0 radical (unpaired) electrons. The fourth-order valence-electron chi connectivity index (χ4n) is 2.57. The second-order valence-corrected chi connectivity index (χ2v) is 5.85. The van der Waals surface area contributed by atoms with Crippen LogP contribution in [-0.2, 0) is 4.79 Å². The quantitative estimate of drug-likeness (QED) is 0.746. The number of nitrogens with one attached hydrogen (secondary N) is 1. The Morgan fingerprint density at radius 1 is 1.20 bits per heavy atom. The minimum Gasteiger partial charge on any atom is -0.459 e. The summed E-state index contributed by atoms with van der Waals surface area (Å²) in [5, 5.41) is 3.68. The van der Waals surface area contributed by atoms with Gasteiger partial charge in [0.25, 0.3) is 5.91 Å². The average Bonchev–Trinajstić information content (AvgIpc) is 3.29. The Labute approximate surface area is 145 Å². The van der Waals surface area contributed by atoms with Gasteiger partial charge in [0, 0.05) is 25.4 Å². The number of hydrogen-bond donors (Lipinski definition) is 1. The minimum absolute atomic E-state index is 0.0762. The van der Waals surface area contributed by atoms with Gasteiger partial charge in [0.15, 0.2) is 5.76 Å². The normalized spacial score (nSPS) is 12.1. The maximum atomic E-state index is 12.4. The summed E-state index contributed by atoms with van der Waals surface area (Å²) < 4.78 is 10.8. The van der Waals surface area contributed by atoms with Crippen LogP contribution < -0.4 is 5.32 Å². The molecule has 0 fully saturated rings. The van der Waals surface area contributed by atoms with E-state index in [0.717, 1.165) is 16.7 Å².